The van der Waals surface area contributed by atoms with Crippen molar-refractivity contribution in [2.45, 2.75) is 27.3 Å². The summed E-state index contributed by atoms with van der Waals surface area (Å²) in [6.07, 6.45) is 0. The predicted octanol–water partition coefficient (Wildman–Crippen LogP) is 1.70. The minimum absolute atomic E-state index is 0.203. The molecule has 0 saturated carbocycles. The Morgan fingerprint density at radius 1 is 1.58 bits per heavy atom. The standard InChI is InChI=1S/C12H19N3O3S/c1-4-15(6-8(2)11(16)17)12(18)13-5-10-14-9(3)7-19-10/h7-8H,4-6H2,1-3H3,(H,13,18)(H,16,17). The lowest BCUT2D eigenvalue weighted by molar-refractivity contribution is -0.141. The number of carbonyl (C=O) groups is 2. The van der Waals surface area contributed by atoms with E-state index in [1.807, 2.05) is 19.2 Å². The fourth-order valence-corrected chi connectivity index (χ4v) is 2.22. The van der Waals surface area contributed by atoms with Crippen LogP contribution in [0.25, 0.3) is 0 Å². The van der Waals surface area contributed by atoms with Crippen LogP contribution < -0.4 is 5.32 Å². The van der Waals surface area contributed by atoms with E-state index in [4.69, 9.17) is 5.11 Å². The molecule has 106 valence electrons. The second kappa shape index (κ2) is 7.08. The van der Waals surface area contributed by atoms with E-state index in [-0.39, 0.29) is 12.6 Å². The molecule has 1 rings (SSSR count). The Balaban J connectivity index is 2.47. The maximum atomic E-state index is 11.9. The number of rotatable bonds is 6. The van der Waals surface area contributed by atoms with Crippen LogP contribution in [0.4, 0.5) is 4.79 Å². The molecule has 0 bridgehead atoms. The SMILES string of the molecule is CCN(CC(C)C(=O)O)C(=O)NCc1nc(C)cs1. The first kappa shape index (κ1) is 15.4. The third-order valence-electron chi connectivity index (χ3n) is 2.64. The Morgan fingerprint density at radius 2 is 2.26 bits per heavy atom. The van der Waals surface area contributed by atoms with Crippen LogP contribution in [0.3, 0.4) is 0 Å². The quantitative estimate of drug-likeness (QED) is 0.833. The molecule has 6 nitrogen and oxygen atoms in total. The summed E-state index contributed by atoms with van der Waals surface area (Å²) in [4.78, 5) is 28.4. The van der Waals surface area contributed by atoms with Crippen LogP contribution in [0.15, 0.2) is 5.38 Å². The zero-order chi connectivity index (χ0) is 14.4. The number of hydrogen-bond donors (Lipinski definition) is 2. The van der Waals surface area contributed by atoms with Crippen molar-refractivity contribution in [3.05, 3.63) is 16.1 Å². The molecule has 0 saturated heterocycles. The monoisotopic (exact) mass is 285 g/mol. The molecule has 19 heavy (non-hydrogen) atoms. The number of aromatic nitrogens is 1. The van der Waals surface area contributed by atoms with Gasteiger partial charge in [-0.2, -0.15) is 0 Å². The van der Waals surface area contributed by atoms with E-state index >= 15 is 0 Å². The molecule has 1 aromatic rings. The Morgan fingerprint density at radius 3 is 2.74 bits per heavy atom. The number of urea groups is 1. The van der Waals surface area contributed by atoms with Gasteiger partial charge in [0.1, 0.15) is 5.01 Å². The average molecular weight is 285 g/mol. The number of carbonyl (C=O) groups excluding carboxylic acids is 1. The van der Waals surface area contributed by atoms with Crippen molar-refractivity contribution in [3.63, 3.8) is 0 Å². The summed E-state index contributed by atoms with van der Waals surface area (Å²) in [7, 11) is 0. The zero-order valence-corrected chi connectivity index (χ0v) is 12.2. The lowest BCUT2D eigenvalue weighted by Crippen LogP contribution is -2.42. The van der Waals surface area contributed by atoms with Crippen molar-refractivity contribution in [2.75, 3.05) is 13.1 Å². The normalized spacial score (nSPS) is 11.9. The van der Waals surface area contributed by atoms with Crippen LogP contribution in [-0.2, 0) is 11.3 Å². The van der Waals surface area contributed by atoms with E-state index in [0.717, 1.165) is 10.7 Å². The number of amides is 2. The van der Waals surface area contributed by atoms with E-state index in [2.05, 4.69) is 10.3 Å². The van der Waals surface area contributed by atoms with Gasteiger partial charge in [0.25, 0.3) is 0 Å². The zero-order valence-electron chi connectivity index (χ0n) is 11.3. The third-order valence-corrected chi connectivity index (χ3v) is 3.61. The molecule has 2 amide bonds. The predicted molar refractivity (Wildman–Crippen MR) is 73.1 cm³/mol. The van der Waals surface area contributed by atoms with Crippen molar-refractivity contribution in [2.24, 2.45) is 5.92 Å². The molecule has 1 heterocycles. The molecule has 0 aliphatic rings. The lowest BCUT2D eigenvalue weighted by Gasteiger charge is -2.22. The number of aryl methyl sites for hydroxylation is 1. The molecule has 1 atom stereocenters. The molecule has 0 spiro atoms. The summed E-state index contributed by atoms with van der Waals surface area (Å²) in [5, 5.41) is 14.4. The number of thiazole rings is 1. The van der Waals surface area contributed by atoms with E-state index in [1.165, 1.54) is 16.2 Å². The van der Waals surface area contributed by atoms with Gasteiger partial charge in [0.2, 0.25) is 0 Å². The average Bonchev–Trinajstić information content (AvgIpc) is 2.78. The maximum absolute atomic E-state index is 11.9. The smallest absolute Gasteiger partial charge is 0.317 e. The Bertz CT molecular complexity index is 447. The van der Waals surface area contributed by atoms with E-state index in [0.29, 0.717) is 13.1 Å². The van der Waals surface area contributed by atoms with Crippen molar-refractivity contribution < 1.29 is 14.7 Å². The van der Waals surface area contributed by atoms with Gasteiger partial charge in [-0.25, -0.2) is 9.78 Å². The largest absolute Gasteiger partial charge is 0.481 e. The number of aliphatic carboxylic acids is 1. The fourth-order valence-electron chi connectivity index (χ4n) is 1.51. The van der Waals surface area contributed by atoms with Crippen LogP contribution in [0.2, 0.25) is 0 Å². The van der Waals surface area contributed by atoms with Crippen molar-refractivity contribution in [1.82, 2.24) is 15.2 Å². The lowest BCUT2D eigenvalue weighted by atomic mass is 10.2. The van der Waals surface area contributed by atoms with Gasteiger partial charge in [-0.1, -0.05) is 6.92 Å². The first-order valence-electron chi connectivity index (χ1n) is 6.10. The summed E-state index contributed by atoms with van der Waals surface area (Å²) in [6.45, 7) is 6.35. The number of carboxylic acids is 1. The second-order valence-corrected chi connectivity index (χ2v) is 5.26. The molecule has 0 aliphatic carbocycles. The first-order valence-corrected chi connectivity index (χ1v) is 6.98. The number of hydrogen-bond acceptors (Lipinski definition) is 4. The van der Waals surface area contributed by atoms with Gasteiger partial charge < -0.3 is 15.3 Å². The Kier molecular flexibility index (Phi) is 5.75. The summed E-state index contributed by atoms with van der Waals surface area (Å²) in [5.41, 5.74) is 0.932. The third kappa shape index (κ3) is 4.86. The van der Waals surface area contributed by atoms with Gasteiger partial charge >= 0.3 is 12.0 Å². The molecule has 0 aromatic carbocycles. The van der Waals surface area contributed by atoms with Gasteiger partial charge in [0.05, 0.1) is 12.5 Å². The van der Waals surface area contributed by atoms with Crippen molar-refractivity contribution in [1.29, 1.82) is 0 Å². The fraction of sp³-hybridized carbons (Fsp3) is 0.583. The highest BCUT2D eigenvalue weighted by Crippen LogP contribution is 2.08. The van der Waals surface area contributed by atoms with Crippen LogP contribution in [0.1, 0.15) is 24.5 Å². The molecule has 1 unspecified atom stereocenters. The summed E-state index contributed by atoms with van der Waals surface area (Å²) in [5.74, 6) is -1.48. The molecule has 0 aliphatic heterocycles. The van der Waals surface area contributed by atoms with E-state index in [9.17, 15) is 9.59 Å². The van der Waals surface area contributed by atoms with Gasteiger partial charge in [0, 0.05) is 24.2 Å². The van der Waals surface area contributed by atoms with Gasteiger partial charge in [-0.15, -0.1) is 11.3 Å². The Hall–Kier alpha value is -1.63. The van der Waals surface area contributed by atoms with E-state index < -0.39 is 11.9 Å². The summed E-state index contributed by atoms with van der Waals surface area (Å²) in [6, 6.07) is -0.261. The highest BCUT2D eigenvalue weighted by Gasteiger charge is 2.19. The maximum Gasteiger partial charge on any atom is 0.317 e. The topological polar surface area (TPSA) is 82.5 Å². The second-order valence-electron chi connectivity index (χ2n) is 4.32. The highest BCUT2D eigenvalue weighted by molar-refractivity contribution is 7.09. The van der Waals surface area contributed by atoms with Crippen LogP contribution in [-0.4, -0.2) is 40.1 Å². The minimum Gasteiger partial charge on any atom is -0.481 e. The van der Waals surface area contributed by atoms with Crippen molar-refractivity contribution in [3.8, 4) is 0 Å². The van der Waals surface area contributed by atoms with Gasteiger partial charge in [0.15, 0.2) is 0 Å². The van der Waals surface area contributed by atoms with E-state index in [1.54, 1.807) is 6.92 Å². The molecular formula is C12H19N3O3S. The van der Waals surface area contributed by atoms with Crippen molar-refractivity contribution >= 4 is 23.3 Å². The first-order chi connectivity index (χ1) is 8.93. The summed E-state index contributed by atoms with van der Waals surface area (Å²) >= 11 is 1.49. The molecule has 7 heteroatoms. The number of nitrogens with zero attached hydrogens (tertiary/aromatic N) is 2. The van der Waals surface area contributed by atoms with Gasteiger partial charge in [-0.3, -0.25) is 4.79 Å². The molecular weight excluding hydrogens is 266 g/mol. The molecule has 0 fully saturated rings. The Labute approximate surface area is 116 Å². The number of nitrogens with one attached hydrogen (secondary N) is 1. The minimum atomic E-state index is -0.901. The molecule has 1 aromatic heterocycles. The van der Waals surface area contributed by atoms with Gasteiger partial charge in [-0.05, 0) is 13.8 Å². The highest BCUT2D eigenvalue weighted by atomic mass is 32.1. The molecule has 0 radical (unpaired) electrons. The van der Waals surface area contributed by atoms with Crippen LogP contribution in [0, 0.1) is 12.8 Å². The summed E-state index contributed by atoms with van der Waals surface area (Å²) < 4.78 is 0. The molecule has 2 N–H and O–H groups in total. The number of carboxylic acid groups (broad SMARTS) is 1. The van der Waals surface area contributed by atoms with Crippen LogP contribution in [0.5, 0.6) is 0 Å². The van der Waals surface area contributed by atoms with Crippen LogP contribution >= 0.6 is 11.3 Å².